The van der Waals surface area contributed by atoms with Gasteiger partial charge in [0, 0.05) is 43.1 Å². The van der Waals surface area contributed by atoms with Gasteiger partial charge in [-0.2, -0.15) is 0 Å². The van der Waals surface area contributed by atoms with Crippen LogP contribution in [0.5, 0.6) is 0 Å². The van der Waals surface area contributed by atoms with E-state index in [4.69, 9.17) is 9.47 Å². The zero-order valence-electron chi connectivity index (χ0n) is 36.5. The molecule has 2 fully saturated rings. The molecule has 4 aliphatic carbocycles. The van der Waals surface area contributed by atoms with Crippen molar-refractivity contribution >= 4 is 6.29 Å². The number of methoxy groups -OCH3 is 1. The number of hydrogen-bond donors (Lipinski definition) is 7. The SMILES string of the molecule is C=C(/C=C/C=C(/COCO)[C@@H]1CC[C@]2([C@@H]1O)[C@@H]1C(=C(C)C=O)[C@@H](C=C[C@H]1CCO)C[C@]2(O)CCNC)[C@H]1Cc2cccc(c2)C[C@@](C)(CCOC)N[C@@H](O)C2=C[C@@H]1CCC2. The van der Waals surface area contributed by atoms with Crippen LogP contribution in [0.25, 0.3) is 0 Å². The van der Waals surface area contributed by atoms with Gasteiger partial charge in [-0.1, -0.05) is 78.4 Å². The van der Waals surface area contributed by atoms with E-state index in [0.717, 1.165) is 67.1 Å². The molecule has 0 radical (unpaired) electrons. The van der Waals surface area contributed by atoms with Crippen molar-refractivity contribution in [3.63, 3.8) is 0 Å². The molecule has 6 rings (SSSR count). The zero-order valence-corrected chi connectivity index (χ0v) is 36.5. The highest BCUT2D eigenvalue weighted by Gasteiger charge is 2.68. The molecule has 2 saturated carbocycles. The molecule has 60 heavy (non-hydrogen) atoms. The number of fused-ring (bicyclic) bond motifs is 6. The third-order valence-electron chi connectivity index (χ3n) is 15.0. The van der Waals surface area contributed by atoms with Gasteiger partial charge in [0.2, 0.25) is 0 Å². The number of aliphatic hydroxyl groups excluding tert-OH is 4. The first-order chi connectivity index (χ1) is 28.9. The number of carbonyl (C=O) groups excluding carboxylic acids is 1. The van der Waals surface area contributed by atoms with Crippen LogP contribution >= 0.6 is 0 Å². The molecule has 0 unspecified atom stereocenters. The van der Waals surface area contributed by atoms with E-state index in [1.807, 2.05) is 26.1 Å². The first kappa shape index (κ1) is 46.5. The standard InChI is InChI=1S/C50H72N2O8/c1-33(43-26-35-10-7-11-36(25-35)28-48(3,21-24-59-5)52-47(57)39-13-8-12-38(43)27-39)9-6-14-41(31-60-32-55)42-17-19-50(46(42)56)45-37(18-23-53)15-16-40(44(45)34(2)30-54)29-49(50,58)20-22-51-4/h6-7,9-11,14-16,25,27,30,37-38,40,42-43,45-47,51-53,55-58H,1,8,12-13,17-24,26,28-29,31-32H2,2-5H3/b9-6+,41-14-,44-34?/t37-,38-,40-,42-,43+,45-,46+,47-,48+,49+,50+/m0/s1. The number of rotatable bonds is 16. The fourth-order valence-electron chi connectivity index (χ4n) is 12.1. The van der Waals surface area contributed by atoms with Gasteiger partial charge in [-0.3, -0.25) is 10.1 Å². The van der Waals surface area contributed by atoms with E-state index in [-0.39, 0.29) is 54.3 Å². The largest absolute Gasteiger partial charge is 0.396 e. The summed E-state index contributed by atoms with van der Waals surface area (Å²) in [6.45, 7) is 9.36. The lowest BCUT2D eigenvalue weighted by Gasteiger charge is -2.61. The molecule has 330 valence electrons. The van der Waals surface area contributed by atoms with E-state index < -0.39 is 30.1 Å². The van der Waals surface area contributed by atoms with Crippen LogP contribution < -0.4 is 10.6 Å². The Morgan fingerprint density at radius 3 is 2.65 bits per heavy atom. The van der Waals surface area contributed by atoms with Gasteiger partial charge in [0.15, 0.2) is 0 Å². The van der Waals surface area contributed by atoms with Crippen LogP contribution in [-0.2, 0) is 27.1 Å². The van der Waals surface area contributed by atoms with Crippen molar-refractivity contribution in [2.75, 3.05) is 47.3 Å². The monoisotopic (exact) mass is 829 g/mol. The summed E-state index contributed by atoms with van der Waals surface area (Å²) in [7, 11) is 3.58. The number of hydrogen-bond acceptors (Lipinski definition) is 10. The first-order valence-corrected chi connectivity index (χ1v) is 22.3. The summed E-state index contributed by atoms with van der Waals surface area (Å²) >= 11 is 0. The van der Waals surface area contributed by atoms with E-state index in [2.05, 4.69) is 72.7 Å². The average Bonchev–Trinajstić information content (AvgIpc) is 3.59. The van der Waals surface area contributed by atoms with Crippen LogP contribution in [0.15, 0.2) is 95.2 Å². The Hall–Kier alpha value is -3.03. The van der Waals surface area contributed by atoms with E-state index in [1.54, 1.807) is 7.11 Å². The zero-order chi connectivity index (χ0) is 43.1. The quantitative estimate of drug-likeness (QED) is 0.0365. The number of benzene rings is 1. The van der Waals surface area contributed by atoms with Crippen molar-refractivity contribution < 1.29 is 39.8 Å². The van der Waals surface area contributed by atoms with E-state index in [0.29, 0.717) is 50.8 Å². The molecular formula is C50H72N2O8. The van der Waals surface area contributed by atoms with E-state index in [9.17, 15) is 30.3 Å². The number of ether oxygens (including phenoxy) is 2. The number of allylic oxidation sites excluding steroid dienone is 9. The normalized spacial score (nSPS) is 36.5. The summed E-state index contributed by atoms with van der Waals surface area (Å²) in [5.41, 5.74) is 4.26. The van der Waals surface area contributed by atoms with Crippen molar-refractivity contribution in [3.8, 4) is 0 Å². The Bertz CT molecular complexity index is 1820. The van der Waals surface area contributed by atoms with Crippen LogP contribution in [0, 0.1) is 40.9 Å². The summed E-state index contributed by atoms with van der Waals surface area (Å²) in [6.07, 6.45) is 19.2. The molecular weight excluding hydrogens is 757 g/mol. The molecule has 10 nitrogen and oxygen atoms in total. The Kier molecular flexibility index (Phi) is 15.8. The fourth-order valence-corrected chi connectivity index (χ4v) is 12.1. The molecule has 1 aromatic rings. The summed E-state index contributed by atoms with van der Waals surface area (Å²) in [6, 6.07) is 8.76. The molecule has 1 spiro atoms. The van der Waals surface area contributed by atoms with Crippen LogP contribution in [0.3, 0.4) is 0 Å². The molecule has 7 N–H and O–H groups in total. The smallest absolute Gasteiger partial charge is 0.145 e. The Morgan fingerprint density at radius 2 is 1.92 bits per heavy atom. The van der Waals surface area contributed by atoms with Crippen LogP contribution in [0.4, 0.5) is 0 Å². The predicted molar refractivity (Wildman–Crippen MR) is 236 cm³/mol. The highest BCUT2D eigenvalue weighted by atomic mass is 16.6. The summed E-state index contributed by atoms with van der Waals surface area (Å²) in [4.78, 5) is 12.4. The van der Waals surface area contributed by atoms with Gasteiger partial charge in [-0.25, -0.2) is 0 Å². The number of carbonyl (C=O) groups is 1. The second-order valence-corrected chi connectivity index (χ2v) is 18.7. The lowest BCUT2D eigenvalue weighted by atomic mass is 9.45. The van der Waals surface area contributed by atoms with E-state index in [1.165, 1.54) is 11.1 Å². The highest BCUT2D eigenvalue weighted by Crippen LogP contribution is 2.67. The van der Waals surface area contributed by atoms with Gasteiger partial charge < -0.3 is 40.3 Å². The number of nitrogens with one attached hydrogen (secondary N) is 2. The second kappa shape index (κ2) is 20.4. The molecule has 6 bridgehead atoms. The van der Waals surface area contributed by atoms with Crippen molar-refractivity contribution in [1.29, 1.82) is 0 Å². The minimum absolute atomic E-state index is 0.0471. The molecule has 10 heteroatoms. The van der Waals surface area contributed by atoms with Crippen LogP contribution in [0.2, 0.25) is 0 Å². The molecule has 1 aliphatic heterocycles. The first-order valence-electron chi connectivity index (χ1n) is 22.3. The molecule has 1 heterocycles. The molecule has 0 saturated heterocycles. The van der Waals surface area contributed by atoms with Gasteiger partial charge in [0.25, 0.3) is 0 Å². The third-order valence-corrected chi connectivity index (χ3v) is 15.0. The summed E-state index contributed by atoms with van der Waals surface area (Å²) < 4.78 is 11.1. The van der Waals surface area contributed by atoms with Crippen molar-refractivity contribution in [2.45, 2.75) is 108 Å². The minimum atomic E-state index is -1.25. The van der Waals surface area contributed by atoms with Crippen LogP contribution in [0.1, 0.15) is 82.8 Å². The summed E-state index contributed by atoms with van der Waals surface area (Å²) in [5.74, 6) is -0.764. The van der Waals surface area contributed by atoms with Gasteiger partial charge >= 0.3 is 0 Å². The molecule has 5 aliphatic rings. The average molecular weight is 829 g/mol. The lowest BCUT2D eigenvalue weighted by molar-refractivity contribution is -0.194. The number of aldehydes is 1. The predicted octanol–water partition coefficient (Wildman–Crippen LogP) is 5.65. The minimum Gasteiger partial charge on any atom is -0.396 e. The van der Waals surface area contributed by atoms with Gasteiger partial charge in [0.05, 0.1) is 18.3 Å². The molecule has 0 aromatic heterocycles. The van der Waals surface area contributed by atoms with Gasteiger partial charge in [-0.05, 0) is 150 Å². The van der Waals surface area contributed by atoms with Gasteiger partial charge in [-0.15, -0.1) is 0 Å². The third kappa shape index (κ3) is 9.63. The van der Waals surface area contributed by atoms with Crippen molar-refractivity contribution in [3.05, 3.63) is 106 Å². The van der Waals surface area contributed by atoms with Gasteiger partial charge in [0.1, 0.15) is 19.3 Å². The topological polar surface area (TPSA) is 161 Å². The summed E-state index contributed by atoms with van der Waals surface area (Å²) in [5, 5.41) is 64.2. The highest BCUT2D eigenvalue weighted by molar-refractivity contribution is 5.74. The maximum Gasteiger partial charge on any atom is 0.145 e. The van der Waals surface area contributed by atoms with Crippen LogP contribution in [-0.4, -0.2) is 103 Å². The number of aliphatic hydroxyl groups is 5. The Labute approximate surface area is 358 Å². The Balaban J connectivity index is 1.33. The molecule has 0 amide bonds. The molecule has 1 aromatic carbocycles. The van der Waals surface area contributed by atoms with Crippen molar-refractivity contribution in [1.82, 2.24) is 10.6 Å². The second-order valence-electron chi connectivity index (χ2n) is 18.7. The molecule has 11 atom stereocenters. The maximum atomic E-state index is 12.9. The maximum absolute atomic E-state index is 12.9. The van der Waals surface area contributed by atoms with E-state index >= 15 is 0 Å². The fraction of sp³-hybridized carbons (Fsp3) is 0.620. The lowest BCUT2D eigenvalue weighted by Crippen LogP contribution is -2.65. The van der Waals surface area contributed by atoms with Crippen molar-refractivity contribution in [2.24, 2.45) is 40.9 Å². The Morgan fingerprint density at radius 1 is 1.12 bits per heavy atom.